The number of hydrogen-bond donors (Lipinski definition) is 2. The van der Waals surface area contributed by atoms with Crippen LogP contribution in [0.2, 0.25) is 0 Å². The maximum atomic E-state index is 10.7. The highest BCUT2D eigenvalue weighted by Gasteiger charge is 2.34. The molecule has 0 aromatic heterocycles. The van der Waals surface area contributed by atoms with Crippen LogP contribution in [0.1, 0.15) is 24.8 Å². The summed E-state index contributed by atoms with van der Waals surface area (Å²) in [6.45, 7) is 4.10. The van der Waals surface area contributed by atoms with Gasteiger partial charge in [-0.1, -0.05) is 12.1 Å². The van der Waals surface area contributed by atoms with Gasteiger partial charge in [-0.05, 0) is 25.3 Å². The van der Waals surface area contributed by atoms with Gasteiger partial charge in [-0.3, -0.25) is 9.80 Å². The number of aliphatic hydroxyl groups excluding tert-OH is 2. The van der Waals surface area contributed by atoms with Gasteiger partial charge >= 0.3 is 0 Å². The fraction of sp³-hybridized carbons (Fsp3) is 0.684. The van der Waals surface area contributed by atoms with Crippen molar-refractivity contribution in [3.05, 3.63) is 23.8 Å². The van der Waals surface area contributed by atoms with Crippen molar-refractivity contribution >= 4 is 0 Å². The predicted molar refractivity (Wildman–Crippen MR) is 96.0 cm³/mol. The highest BCUT2D eigenvalue weighted by Crippen LogP contribution is 2.32. The van der Waals surface area contributed by atoms with Crippen LogP contribution in [0.25, 0.3) is 0 Å². The summed E-state index contributed by atoms with van der Waals surface area (Å²) in [4.78, 5) is 4.62. The van der Waals surface area contributed by atoms with Gasteiger partial charge in [0.2, 0.25) is 0 Å². The molecule has 0 spiro atoms. The highest BCUT2D eigenvalue weighted by atomic mass is 16.5. The van der Waals surface area contributed by atoms with Crippen molar-refractivity contribution < 1.29 is 19.7 Å². The second kappa shape index (κ2) is 8.36. The van der Waals surface area contributed by atoms with E-state index in [1.807, 2.05) is 18.2 Å². The zero-order valence-electron chi connectivity index (χ0n) is 15.2. The number of piperidine rings is 2. The lowest BCUT2D eigenvalue weighted by Gasteiger charge is -2.43. The number of benzene rings is 1. The largest absolute Gasteiger partial charge is 0.493 e. The third-order valence-corrected chi connectivity index (χ3v) is 5.48. The van der Waals surface area contributed by atoms with E-state index in [0.717, 1.165) is 62.5 Å². The Morgan fingerprint density at radius 1 is 1.04 bits per heavy atom. The molecule has 3 rings (SSSR count). The number of para-hydroxylation sites is 1. The fourth-order valence-electron chi connectivity index (χ4n) is 4.09. The number of likely N-dealkylation sites (tertiary alicyclic amines) is 2. The van der Waals surface area contributed by atoms with E-state index in [2.05, 4.69) is 9.80 Å². The number of β-amino-alcohol motifs (C(OH)–C–C–N with tert-alkyl or cyclic N) is 1. The van der Waals surface area contributed by atoms with Crippen LogP contribution in [-0.2, 0) is 6.54 Å². The molecule has 0 saturated carbocycles. The lowest BCUT2D eigenvalue weighted by atomic mass is 9.96. The molecule has 2 aliphatic heterocycles. The number of aliphatic hydroxyl groups is 2. The molecule has 0 amide bonds. The van der Waals surface area contributed by atoms with Gasteiger partial charge < -0.3 is 19.7 Å². The summed E-state index contributed by atoms with van der Waals surface area (Å²) < 4.78 is 10.9. The van der Waals surface area contributed by atoms with E-state index in [4.69, 9.17) is 9.47 Å². The number of hydrogen-bond acceptors (Lipinski definition) is 6. The molecule has 2 saturated heterocycles. The fourth-order valence-corrected chi connectivity index (χ4v) is 4.09. The van der Waals surface area contributed by atoms with E-state index in [1.165, 1.54) is 0 Å². The van der Waals surface area contributed by atoms with Crippen LogP contribution < -0.4 is 9.47 Å². The Balaban J connectivity index is 1.60. The van der Waals surface area contributed by atoms with Gasteiger partial charge in [0.1, 0.15) is 0 Å². The van der Waals surface area contributed by atoms with E-state index < -0.39 is 0 Å². The van der Waals surface area contributed by atoms with Gasteiger partial charge in [-0.2, -0.15) is 0 Å². The predicted octanol–water partition coefficient (Wildman–Crippen LogP) is 1.10. The molecular formula is C19H30N2O4. The SMILES string of the molecule is COc1cccc(CN2CC[C@@H](N3CCC(O)CC3)[C@H](O)C2)c1OC. The molecule has 1 aromatic carbocycles. The highest BCUT2D eigenvalue weighted by molar-refractivity contribution is 5.46. The summed E-state index contributed by atoms with van der Waals surface area (Å²) in [6.07, 6.45) is 2.04. The Bertz CT molecular complexity index is 560. The number of rotatable bonds is 5. The van der Waals surface area contributed by atoms with E-state index in [9.17, 15) is 10.2 Å². The van der Waals surface area contributed by atoms with Crippen molar-refractivity contribution in [2.75, 3.05) is 40.4 Å². The zero-order valence-corrected chi connectivity index (χ0v) is 15.2. The topological polar surface area (TPSA) is 65.4 Å². The molecule has 6 heteroatoms. The van der Waals surface area contributed by atoms with Crippen LogP contribution in [0, 0.1) is 0 Å². The molecule has 2 fully saturated rings. The van der Waals surface area contributed by atoms with Gasteiger partial charge in [0.15, 0.2) is 11.5 Å². The standard InChI is InChI=1S/C19H30N2O4/c1-24-18-5-3-4-14(19(18)25-2)12-20-9-8-16(17(23)13-20)21-10-6-15(22)7-11-21/h3-5,15-17,22-23H,6-13H2,1-2H3/t16-,17-/m1/s1. The summed E-state index contributed by atoms with van der Waals surface area (Å²) in [5.74, 6) is 1.51. The minimum atomic E-state index is -0.361. The van der Waals surface area contributed by atoms with Gasteiger partial charge in [0, 0.05) is 44.3 Å². The van der Waals surface area contributed by atoms with Crippen LogP contribution in [0.3, 0.4) is 0 Å². The Morgan fingerprint density at radius 3 is 2.44 bits per heavy atom. The maximum absolute atomic E-state index is 10.7. The lowest BCUT2D eigenvalue weighted by Crippen LogP contribution is -2.55. The first kappa shape index (κ1) is 18.5. The third kappa shape index (κ3) is 4.26. The zero-order chi connectivity index (χ0) is 17.8. The van der Waals surface area contributed by atoms with Gasteiger partial charge in [0.25, 0.3) is 0 Å². The van der Waals surface area contributed by atoms with Crippen molar-refractivity contribution in [3.8, 4) is 11.5 Å². The summed E-state index contributed by atoms with van der Waals surface area (Å²) in [5.41, 5.74) is 1.08. The molecule has 2 atom stereocenters. The average Bonchev–Trinajstić information content (AvgIpc) is 2.62. The van der Waals surface area contributed by atoms with E-state index in [0.29, 0.717) is 6.54 Å². The molecule has 1 aromatic rings. The first-order valence-corrected chi connectivity index (χ1v) is 9.14. The molecule has 0 aliphatic carbocycles. The number of nitrogens with zero attached hydrogens (tertiary/aromatic N) is 2. The van der Waals surface area contributed by atoms with E-state index in [1.54, 1.807) is 14.2 Å². The molecule has 25 heavy (non-hydrogen) atoms. The molecule has 2 aliphatic rings. The Kier molecular flexibility index (Phi) is 6.17. The van der Waals surface area contributed by atoms with E-state index >= 15 is 0 Å². The second-order valence-electron chi connectivity index (χ2n) is 7.08. The summed E-state index contributed by atoms with van der Waals surface area (Å²) in [6, 6.07) is 6.12. The summed E-state index contributed by atoms with van der Waals surface area (Å²) >= 11 is 0. The summed E-state index contributed by atoms with van der Waals surface area (Å²) in [5, 5.41) is 20.3. The van der Waals surface area contributed by atoms with Crippen LogP contribution in [0.4, 0.5) is 0 Å². The van der Waals surface area contributed by atoms with Crippen molar-refractivity contribution in [1.82, 2.24) is 9.80 Å². The molecule has 2 N–H and O–H groups in total. The lowest BCUT2D eigenvalue weighted by molar-refractivity contribution is -0.0356. The number of ether oxygens (including phenoxy) is 2. The molecule has 0 bridgehead atoms. The maximum Gasteiger partial charge on any atom is 0.165 e. The molecule has 140 valence electrons. The Labute approximate surface area is 149 Å². The first-order chi connectivity index (χ1) is 12.1. The van der Waals surface area contributed by atoms with Gasteiger partial charge in [0.05, 0.1) is 26.4 Å². The third-order valence-electron chi connectivity index (χ3n) is 5.48. The van der Waals surface area contributed by atoms with Gasteiger partial charge in [-0.15, -0.1) is 0 Å². The molecule has 6 nitrogen and oxygen atoms in total. The molecule has 0 radical (unpaired) electrons. The minimum absolute atomic E-state index is 0.172. The second-order valence-corrected chi connectivity index (χ2v) is 7.08. The van der Waals surface area contributed by atoms with Crippen LogP contribution in [0.5, 0.6) is 11.5 Å². The van der Waals surface area contributed by atoms with Crippen molar-refractivity contribution in [1.29, 1.82) is 0 Å². The summed E-state index contributed by atoms with van der Waals surface area (Å²) in [7, 11) is 3.31. The Hall–Kier alpha value is -1.34. The molecule has 2 heterocycles. The van der Waals surface area contributed by atoms with Crippen molar-refractivity contribution in [2.45, 2.75) is 44.1 Å². The number of methoxy groups -OCH3 is 2. The smallest absolute Gasteiger partial charge is 0.165 e. The van der Waals surface area contributed by atoms with Crippen molar-refractivity contribution in [2.24, 2.45) is 0 Å². The van der Waals surface area contributed by atoms with E-state index in [-0.39, 0.29) is 18.2 Å². The normalized spacial score (nSPS) is 26.6. The molecule has 0 unspecified atom stereocenters. The molecular weight excluding hydrogens is 320 g/mol. The quantitative estimate of drug-likeness (QED) is 0.829. The van der Waals surface area contributed by atoms with Crippen LogP contribution in [-0.4, -0.2) is 78.7 Å². The monoisotopic (exact) mass is 350 g/mol. The van der Waals surface area contributed by atoms with Crippen LogP contribution >= 0.6 is 0 Å². The Morgan fingerprint density at radius 2 is 1.80 bits per heavy atom. The van der Waals surface area contributed by atoms with Crippen LogP contribution in [0.15, 0.2) is 18.2 Å². The van der Waals surface area contributed by atoms with Gasteiger partial charge in [-0.25, -0.2) is 0 Å². The van der Waals surface area contributed by atoms with Crippen molar-refractivity contribution in [3.63, 3.8) is 0 Å². The minimum Gasteiger partial charge on any atom is -0.493 e. The first-order valence-electron chi connectivity index (χ1n) is 9.14. The average molecular weight is 350 g/mol.